The van der Waals surface area contributed by atoms with Crippen molar-refractivity contribution in [3.05, 3.63) is 65.7 Å². The minimum atomic E-state index is -1.42. The van der Waals surface area contributed by atoms with Gasteiger partial charge in [0, 0.05) is 22.9 Å². The molecule has 4 rings (SSSR count). The largest absolute Gasteiger partial charge is 0.378 e. The van der Waals surface area contributed by atoms with E-state index in [-0.39, 0.29) is 11.9 Å². The van der Waals surface area contributed by atoms with E-state index in [9.17, 15) is 14.7 Å². The summed E-state index contributed by atoms with van der Waals surface area (Å²) < 4.78 is 0. The van der Waals surface area contributed by atoms with E-state index >= 15 is 0 Å². The molecule has 2 aromatic carbocycles. The molecule has 1 aliphatic heterocycles. The average Bonchev–Trinajstić information content (AvgIpc) is 3.05. The van der Waals surface area contributed by atoms with Crippen molar-refractivity contribution in [3.63, 3.8) is 0 Å². The van der Waals surface area contributed by atoms with Crippen LogP contribution in [0.3, 0.4) is 0 Å². The van der Waals surface area contributed by atoms with E-state index in [1.807, 2.05) is 54.6 Å². The molecule has 28 heavy (non-hydrogen) atoms. The minimum Gasteiger partial charge on any atom is -0.378 e. The number of aliphatic hydroxyl groups is 1. The van der Waals surface area contributed by atoms with Crippen LogP contribution in [0, 0.1) is 0 Å². The Kier molecular flexibility index (Phi) is 5.26. The van der Waals surface area contributed by atoms with Gasteiger partial charge in [-0.05, 0) is 24.5 Å². The maximum Gasteiger partial charge on any atom is 0.256 e. The van der Waals surface area contributed by atoms with Crippen LogP contribution >= 0.6 is 0 Å². The van der Waals surface area contributed by atoms with E-state index in [0.717, 1.165) is 25.7 Å². The van der Waals surface area contributed by atoms with E-state index in [1.54, 1.807) is 0 Å². The Balaban J connectivity index is 1.75. The third kappa shape index (κ3) is 3.58. The van der Waals surface area contributed by atoms with Crippen molar-refractivity contribution in [2.24, 2.45) is 0 Å². The molecule has 1 fully saturated rings. The number of amides is 2. The fourth-order valence-electron chi connectivity index (χ4n) is 4.10. The monoisotopic (exact) mass is 376 g/mol. The summed E-state index contributed by atoms with van der Waals surface area (Å²) in [5.41, 5.74) is 2.76. The van der Waals surface area contributed by atoms with Gasteiger partial charge in [-0.25, -0.2) is 0 Å². The first-order valence-corrected chi connectivity index (χ1v) is 9.84. The molecular formula is C23H24N2O3. The van der Waals surface area contributed by atoms with E-state index in [4.69, 9.17) is 0 Å². The summed E-state index contributed by atoms with van der Waals surface area (Å²) >= 11 is 0. The lowest BCUT2D eigenvalue weighted by atomic mass is 9.90. The number of fused-ring (bicyclic) bond motifs is 1. The molecule has 1 saturated carbocycles. The fourth-order valence-corrected chi connectivity index (χ4v) is 4.10. The predicted octanol–water partition coefficient (Wildman–Crippen LogP) is 3.36. The molecular weight excluding hydrogens is 352 g/mol. The summed E-state index contributed by atoms with van der Waals surface area (Å²) in [6.07, 6.45) is 3.80. The van der Waals surface area contributed by atoms with Crippen molar-refractivity contribution in [1.82, 2.24) is 5.32 Å². The number of hydrogen-bond donors (Lipinski definition) is 3. The quantitative estimate of drug-likeness (QED) is 0.716. The Morgan fingerprint density at radius 1 is 1.00 bits per heavy atom. The molecule has 2 amide bonds. The molecule has 144 valence electrons. The van der Waals surface area contributed by atoms with E-state index in [2.05, 4.69) is 10.6 Å². The molecule has 2 aromatic rings. The number of carbonyl (C=O) groups excluding carboxylic acids is 2. The second kappa shape index (κ2) is 7.98. The lowest BCUT2D eigenvalue weighted by molar-refractivity contribution is -0.127. The van der Waals surface area contributed by atoms with Crippen molar-refractivity contribution in [2.45, 2.75) is 44.2 Å². The average molecular weight is 376 g/mol. The Bertz CT molecular complexity index is 914. The summed E-state index contributed by atoms with van der Waals surface area (Å²) in [7, 11) is 0. The number of para-hydroxylation sites is 1. The van der Waals surface area contributed by atoms with Crippen LogP contribution in [0.25, 0.3) is 11.1 Å². The number of aliphatic hydroxyl groups excluding tert-OH is 1. The minimum absolute atomic E-state index is 0.0858. The van der Waals surface area contributed by atoms with Crippen molar-refractivity contribution in [1.29, 1.82) is 0 Å². The van der Waals surface area contributed by atoms with Crippen LogP contribution in [0.1, 0.15) is 43.2 Å². The highest BCUT2D eigenvalue weighted by atomic mass is 16.3. The molecule has 5 nitrogen and oxygen atoms in total. The van der Waals surface area contributed by atoms with Gasteiger partial charge in [-0.3, -0.25) is 9.59 Å². The van der Waals surface area contributed by atoms with Crippen molar-refractivity contribution < 1.29 is 14.7 Å². The van der Waals surface area contributed by atoms with Gasteiger partial charge in [-0.15, -0.1) is 0 Å². The molecule has 2 aliphatic rings. The molecule has 0 radical (unpaired) electrons. The lowest BCUT2D eigenvalue weighted by Crippen LogP contribution is -2.43. The zero-order chi connectivity index (χ0) is 19.5. The maximum absolute atomic E-state index is 12.9. The normalized spacial score (nSPS) is 19.5. The van der Waals surface area contributed by atoms with Crippen LogP contribution in [-0.4, -0.2) is 29.1 Å². The van der Waals surface area contributed by atoms with E-state index in [0.29, 0.717) is 28.0 Å². The summed E-state index contributed by atoms with van der Waals surface area (Å²) in [6, 6.07) is 16.6. The number of carbonyl (C=O) groups is 2. The lowest BCUT2D eigenvalue weighted by Gasteiger charge is -2.25. The molecule has 1 atom stereocenters. The van der Waals surface area contributed by atoms with Crippen molar-refractivity contribution >= 4 is 28.6 Å². The molecule has 3 N–H and O–H groups in total. The molecule has 0 aromatic heterocycles. The molecule has 1 aliphatic carbocycles. The van der Waals surface area contributed by atoms with E-state index < -0.39 is 12.0 Å². The number of anilines is 1. The first-order chi connectivity index (χ1) is 13.6. The first kappa shape index (κ1) is 18.4. The van der Waals surface area contributed by atoms with Crippen LogP contribution in [0.4, 0.5) is 5.69 Å². The topological polar surface area (TPSA) is 78.4 Å². The second-order valence-electron chi connectivity index (χ2n) is 7.40. The smallest absolute Gasteiger partial charge is 0.256 e. The molecule has 1 heterocycles. The predicted molar refractivity (Wildman–Crippen MR) is 109 cm³/mol. The SMILES string of the molecule is O=C1Nc2ccccc2/C1=C(\c1ccccc1)C(O)C(=O)NC1CCCCC1. The van der Waals surface area contributed by atoms with E-state index in [1.165, 1.54) is 6.42 Å². The molecule has 0 bridgehead atoms. The van der Waals surface area contributed by atoms with Gasteiger partial charge in [0.15, 0.2) is 6.10 Å². The number of nitrogens with one attached hydrogen (secondary N) is 2. The van der Waals surface area contributed by atoms with Gasteiger partial charge in [0.25, 0.3) is 11.8 Å². The van der Waals surface area contributed by atoms with Crippen LogP contribution < -0.4 is 10.6 Å². The van der Waals surface area contributed by atoms with Crippen LogP contribution in [-0.2, 0) is 9.59 Å². The van der Waals surface area contributed by atoms with Gasteiger partial charge in [0.2, 0.25) is 0 Å². The van der Waals surface area contributed by atoms with Gasteiger partial charge in [0.1, 0.15) is 0 Å². The van der Waals surface area contributed by atoms with Crippen LogP contribution in [0.15, 0.2) is 54.6 Å². The van der Waals surface area contributed by atoms with Crippen LogP contribution in [0.5, 0.6) is 0 Å². The second-order valence-corrected chi connectivity index (χ2v) is 7.40. The fraction of sp³-hybridized carbons (Fsp3) is 0.304. The highest BCUT2D eigenvalue weighted by Crippen LogP contribution is 2.38. The Labute approximate surface area is 164 Å². The summed E-state index contributed by atoms with van der Waals surface area (Å²) in [4.78, 5) is 25.6. The van der Waals surface area contributed by atoms with Gasteiger partial charge in [-0.1, -0.05) is 67.8 Å². The zero-order valence-electron chi connectivity index (χ0n) is 15.7. The van der Waals surface area contributed by atoms with Crippen LogP contribution in [0.2, 0.25) is 0 Å². The molecule has 5 heteroatoms. The third-order valence-electron chi connectivity index (χ3n) is 5.50. The number of rotatable bonds is 4. The van der Waals surface area contributed by atoms with Gasteiger partial charge in [0.05, 0.1) is 5.57 Å². The first-order valence-electron chi connectivity index (χ1n) is 9.84. The molecule has 0 saturated heterocycles. The van der Waals surface area contributed by atoms with Gasteiger partial charge >= 0.3 is 0 Å². The highest BCUT2D eigenvalue weighted by molar-refractivity contribution is 6.38. The van der Waals surface area contributed by atoms with Crippen molar-refractivity contribution in [3.8, 4) is 0 Å². The van der Waals surface area contributed by atoms with Gasteiger partial charge in [-0.2, -0.15) is 0 Å². The highest BCUT2D eigenvalue weighted by Gasteiger charge is 2.33. The summed E-state index contributed by atoms with van der Waals surface area (Å²) in [5.74, 6) is -0.750. The number of hydrogen-bond acceptors (Lipinski definition) is 3. The zero-order valence-corrected chi connectivity index (χ0v) is 15.7. The molecule has 0 spiro atoms. The third-order valence-corrected chi connectivity index (χ3v) is 5.50. The van der Waals surface area contributed by atoms with Crippen molar-refractivity contribution in [2.75, 3.05) is 5.32 Å². The molecule has 1 unspecified atom stereocenters. The maximum atomic E-state index is 12.9. The standard InChI is InChI=1S/C23H24N2O3/c26-21(23(28)24-16-11-5-2-6-12-16)19(15-9-3-1-4-10-15)20-17-13-7-8-14-18(17)25-22(20)27/h1,3-4,7-10,13-14,16,21,26H,2,5-6,11-12H2,(H,24,28)(H,25,27)/b20-19-. The Hall–Kier alpha value is -2.92. The Morgan fingerprint density at radius 3 is 2.43 bits per heavy atom. The summed E-state index contributed by atoms with van der Waals surface area (Å²) in [5, 5.41) is 16.8. The number of benzene rings is 2. The van der Waals surface area contributed by atoms with Gasteiger partial charge < -0.3 is 15.7 Å². The summed E-state index contributed by atoms with van der Waals surface area (Å²) in [6.45, 7) is 0. The Morgan fingerprint density at radius 2 is 1.68 bits per heavy atom.